The number of ether oxygens (including phenoxy) is 1. The number of carbonyl (C=O) groups excluding carboxylic acids is 3. The van der Waals surface area contributed by atoms with Crippen molar-refractivity contribution in [3.8, 4) is 6.07 Å². The van der Waals surface area contributed by atoms with Gasteiger partial charge in [-0.1, -0.05) is 18.2 Å². The van der Waals surface area contributed by atoms with E-state index in [2.05, 4.69) is 0 Å². The molecule has 1 heterocycles. The number of halogens is 3. The molecule has 232 valence electrons. The molecule has 0 aliphatic carbocycles. The van der Waals surface area contributed by atoms with Crippen LogP contribution >= 0.6 is 0 Å². The molecule has 0 spiro atoms. The number of Topliss-reactive ketones (excluding diaryl/α,β-unsaturated/α-hetero) is 1. The van der Waals surface area contributed by atoms with Gasteiger partial charge in [-0.2, -0.15) is 18.4 Å². The number of nitriles is 1. The Hall–Kier alpha value is -5.51. The molecule has 0 saturated carbocycles. The highest BCUT2D eigenvalue weighted by molar-refractivity contribution is 6.13. The minimum absolute atomic E-state index is 0.0100. The smallest absolute Gasteiger partial charge is 0.416 e. The van der Waals surface area contributed by atoms with Gasteiger partial charge in [0, 0.05) is 29.0 Å². The van der Waals surface area contributed by atoms with Gasteiger partial charge in [0.1, 0.15) is 12.1 Å². The number of ketones is 1. The lowest BCUT2D eigenvalue weighted by molar-refractivity contribution is -0.384. The van der Waals surface area contributed by atoms with Crippen molar-refractivity contribution >= 4 is 29.2 Å². The number of rotatable bonds is 7. The number of hydrogen-bond acceptors (Lipinski definition) is 7. The third-order valence-electron chi connectivity index (χ3n) is 6.84. The molecule has 10 nitrogen and oxygen atoms in total. The van der Waals surface area contributed by atoms with Crippen LogP contribution in [0.15, 0.2) is 84.1 Å². The van der Waals surface area contributed by atoms with E-state index in [4.69, 9.17) is 4.74 Å². The van der Waals surface area contributed by atoms with Crippen LogP contribution in [0, 0.1) is 21.4 Å². The maximum absolute atomic E-state index is 14.2. The first-order valence-corrected chi connectivity index (χ1v) is 13.5. The Balaban J connectivity index is 1.99. The lowest BCUT2D eigenvalue weighted by Crippen LogP contribution is -2.53. The summed E-state index contributed by atoms with van der Waals surface area (Å²) in [5, 5.41) is 20.5. The summed E-state index contributed by atoms with van der Waals surface area (Å²) >= 11 is 0. The highest BCUT2D eigenvalue weighted by Crippen LogP contribution is 2.42. The second-order valence-corrected chi connectivity index (χ2v) is 11.1. The summed E-state index contributed by atoms with van der Waals surface area (Å²) in [4.78, 5) is 54.1. The number of benzene rings is 3. The van der Waals surface area contributed by atoms with Gasteiger partial charge in [-0.25, -0.2) is 4.79 Å². The SMILES string of the molecule is CC1=C(C(=O)c2ccc([N+](=O)[O-])cc2)C(c2ccc(C#N)cc2)N(CC(=O)OC(C)(C)C)C(=O)N1c1cccc(C(F)(F)F)c1. The van der Waals surface area contributed by atoms with Crippen LogP contribution in [0.2, 0.25) is 0 Å². The van der Waals surface area contributed by atoms with Crippen LogP contribution < -0.4 is 4.90 Å². The Bertz CT molecular complexity index is 1740. The third-order valence-corrected chi connectivity index (χ3v) is 6.84. The minimum Gasteiger partial charge on any atom is -0.459 e. The van der Waals surface area contributed by atoms with Gasteiger partial charge in [-0.15, -0.1) is 0 Å². The fourth-order valence-corrected chi connectivity index (χ4v) is 4.92. The number of carbonyl (C=O) groups is 3. The largest absolute Gasteiger partial charge is 0.459 e. The van der Waals surface area contributed by atoms with E-state index in [9.17, 15) is 42.9 Å². The Morgan fingerprint density at radius 2 is 1.64 bits per heavy atom. The first-order chi connectivity index (χ1) is 21.0. The zero-order valence-electron chi connectivity index (χ0n) is 24.6. The standard InChI is InChI=1S/C32H27F3N4O6/c1-19-27(29(41)22-12-14-24(15-13-22)39(43)44)28(21-10-8-20(17-36)9-11-21)37(18-26(40)45-31(2,3)4)30(42)38(19)25-7-5-6-23(16-25)32(33,34)35/h5-16,28H,18H2,1-4H3. The third kappa shape index (κ3) is 7.01. The van der Waals surface area contributed by atoms with E-state index >= 15 is 0 Å². The summed E-state index contributed by atoms with van der Waals surface area (Å²) in [6.07, 6.45) is -4.74. The molecule has 0 aromatic heterocycles. The van der Waals surface area contributed by atoms with E-state index in [-0.39, 0.29) is 33.8 Å². The number of non-ortho nitro benzene ring substituents is 1. The number of nitrogens with zero attached hydrogens (tertiary/aromatic N) is 4. The van der Waals surface area contributed by atoms with E-state index in [0.29, 0.717) is 5.56 Å². The van der Waals surface area contributed by atoms with Crippen LogP contribution in [0.1, 0.15) is 60.8 Å². The molecule has 0 N–H and O–H groups in total. The molecule has 2 amide bonds. The Morgan fingerprint density at radius 3 is 2.18 bits per heavy atom. The van der Waals surface area contributed by atoms with Gasteiger partial charge in [-0.3, -0.25) is 24.6 Å². The molecular formula is C32H27F3N4O6. The molecule has 1 aliphatic heterocycles. The summed E-state index contributed by atoms with van der Waals surface area (Å²) in [5.41, 5.74) is -2.03. The fourth-order valence-electron chi connectivity index (χ4n) is 4.92. The fraction of sp³-hybridized carbons (Fsp3) is 0.250. The quantitative estimate of drug-likeness (QED) is 0.121. The Morgan fingerprint density at radius 1 is 1.02 bits per heavy atom. The molecule has 1 aliphatic rings. The number of anilines is 1. The van der Waals surface area contributed by atoms with Crippen LogP contribution in [-0.4, -0.2) is 39.8 Å². The first kappa shape index (κ1) is 32.4. The van der Waals surface area contributed by atoms with Crippen molar-refractivity contribution in [2.45, 2.75) is 45.5 Å². The van der Waals surface area contributed by atoms with E-state index < -0.39 is 52.6 Å². The molecule has 0 radical (unpaired) electrons. The number of nitro groups is 1. The van der Waals surface area contributed by atoms with Crippen LogP contribution in [-0.2, 0) is 15.7 Å². The zero-order chi connectivity index (χ0) is 33.3. The van der Waals surface area contributed by atoms with Crippen molar-refractivity contribution < 1.29 is 37.2 Å². The minimum atomic E-state index is -4.74. The van der Waals surface area contributed by atoms with Gasteiger partial charge in [0.15, 0.2) is 5.78 Å². The summed E-state index contributed by atoms with van der Waals surface area (Å²) in [6.45, 7) is 5.54. The molecule has 1 atom stereocenters. The van der Waals surface area contributed by atoms with Crippen LogP contribution in [0.4, 0.5) is 29.3 Å². The molecule has 0 fully saturated rings. The van der Waals surface area contributed by atoms with Gasteiger partial charge in [0.2, 0.25) is 0 Å². The molecule has 0 bridgehead atoms. The van der Waals surface area contributed by atoms with Crippen molar-refractivity contribution in [2.24, 2.45) is 0 Å². The predicted octanol–water partition coefficient (Wildman–Crippen LogP) is 6.97. The van der Waals surface area contributed by atoms with Gasteiger partial charge in [0.05, 0.1) is 33.8 Å². The van der Waals surface area contributed by atoms with Gasteiger partial charge >= 0.3 is 18.2 Å². The summed E-state index contributed by atoms with van der Waals surface area (Å²) < 4.78 is 46.5. The van der Waals surface area contributed by atoms with Crippen LogP contribution in [0.3, 0.4) is 0 Å². The second kappa shape index (κ2) is 12.2. The summed E-state index contributed by atoms with van der Waals surface area (Å²) in [6, 6.07) is 14.3. The topological polar surface area (TPSA) is 134 Å². The highest BCUT2D eigenvalue weighted by Gasteiger charge is 2.44. The van der Waals surface area contributed by atoms with Crippen LogP contribution in [0.25, 0.3) is 0 Å². The monoisotopic (exact) mass is 620 g/mol. The molecule has 0 saturated heterocycles. The normalized spacial score (nSPS) is 15.5. The van der Waals surface area contributed by atoms with Crippen molar-refractivity contribution in [1.29, 1.82) is 5.26 Å². The number of urea groups is 1. The number of esters is 1. The summed E-state index contributed by atoms with van der Waals surface area (Å²) in [5.74, 6) is -1.55. The van der Waals surface area contributed by atoms with E-state index in [0.717, 1.165) is 40.1 Å². The average molecular weight is 621 g/mol. The molecular weight excluding hydrogens is 593 g/mol. The number of amides is 2. The highest BCUT2D eigenvalue weighted by atomic mass is 19.4. The van der Waals surface area contributed by atoms with Crippen molar-refractivity contribution in [3.63, 3.8) is 0 Å². The number of alkyl halides is 3. The van der Waals surface area contributed by atoms with Crippen molar-refractivity contribution in [2.75, 3.05) is 11.4 Å². The molecule has 13 heteroatoms. The molecule has 4 rings (SSSR count). The predicted molar refractivity (Wildman–Crippen MR) is 156 cm³/mol. The average Bonchev–Trinajstić information content (AvgIpc) is 2.97. The van der Waals surface area contributed by atoms with Gasteiger partial charge in [0.25, 0.3) is 5.69 Å². The molecule has 45 heavy (non-hydrogen) atoms. The zero-order valence-corrected chi connectivity index (χ0v) is 24.6. The Labute approximate surface area is 256 Å². The molecule has 3 aromatic rings. The Kier molecular flexibility index (Phi) is 8.81. The van der Waals surface area contributed by atoms with Crippen LogP contribution in [0.5, 0.6) is 0 Å². The summed E-state index contributed by atoms with van der Waals surface area (Å²) in [7, 11) is 0. The van der Waals surface area contributed by atoms with E-state index in [1.165, 1.54) is 49.4 Å². The number of hydrogen-bond donors (Lipinski definition) is 0. The maximum Gasteiger partial charge on any atom is 0.416 e. The van der Waals surface area contributed by atoms with Crippen molar-refractivity contribution in [3.05, 3.63) is 116 Å². The number of nitro benzene ring substituents is 1. The first-order valence-electron chi connectivity index (χ1n) is 13.5. The maximum atomic E-state index is 14.2. The van der Waals surface area contributed by atoms with E-state index in [1.807, 2.05) is 6.07 Å². The van der Waals surface area contributed by atoms with Crippen molar-refractivity contribution in [1.82, 2.24) is 4.90 Å². The van der Waals surface area contributed by atoms with Gasteiger partial charge in [-0.05, 0) is 75.7 Å². The van der Waals surface area contributed by atoms with E-state index in [1.54, 1.807) is 20.8 Å². The molecule has 1 unspecified atom stereocenters. The second-order valence-electron chi connectivity index (χ2n) is 11.1. The lowest BCUT2D eigenvalue weighted by atomic mass is 9.87. The molecule has 3 aromatic carbocycles. The van der Waals surface area contributed by atoms with Gasteiger partial charge < -0.3 is 9.64 Å². The lowest BCUT2D eigenvalue weighted by Gasteiger charge is -2.43. The number of allylic oxidation sites excluding steroid dienone is 1.